The van der Waals surface area contributed by atoms with Gasteiger partial charge in [-0.25, -0.2) is 8.42 Å². The number of rotatable bonds is 7. The number of benzene rings is 2. The number of hydrogen-bond donors (Lipinski definition) is 2. The fraction of sp³-hybridized carbons (Fsp3) is 0.188. The molecule has 1 amide bonds. The molecule has 7 nitrogen and oxygen atoms in total. The first-order valence-corrected chi connectivity index (χ1v) is 8.85. The Bertz CT molecular complexity index is 916. The molecule has 2 N–H and O–H groups in total. The third kappa shape index (κ3) is 5.59. The number of ether oxygens (including phenoxy) is 2. The SMILES string of the molecule is COc1ccccc1OCC(=O)NNS(=O)(=O)c1cccc(C(F)(F)F)c1. The minimum Gasteiger partial charge on any atom is -0.493 e. The van der Waals surface area contributed by atoms with Gasteiger partial charge in [0.25, 0.3) is 15.9 Å². The van der Waals surface area contributed by atoms with Crippen LogP contribution in [0.25, 0.3) is 0 Å². The zero-order chi connectivity index (χ0) is 20.1. The van der Waals surface area contributed by atoms with E-state index in [4.69, 9.17) is 9.47 Å². The van der Waals surface area contributed by atoms with Gasteiger partial charge in [0.15, 0.2) is 18.1 Å². The lowest BCUT2D eigenvalue weighted by atomic mass is 10.2. The standard InChI is InChI=1S/C16H15F3N2O5S/c1-25-13-7-2-3-8-14(13)26-10-15(22)20-21-27(23,24)12-6-4-5-11(9-12)16(17,18)19/h2-9,21H,10H2,1H3,(H,20,22). The van der Waals surface area contributed by atoms with Gasteiger partial charge in [-0.2, -0.15) is 13.2 Å². The first-order chi connectivity index (χ1) is 12.6. The van der Waals surface area contributed by atoms with Crippen LogP contribution >= 0.6 is 0 Å². The van der Waals surface area contributed by atoms with Crippen molar-refractivity contribution in [3.05, 3.63) is 54.1 Å². The van der Waals surface area contributed by atoms with Crippen LogP contribution in [0.5, 0.6) is 11.5 Å². The third-order valence-corrected chi connectivity index (χ3v) is 4.47. The Labute approximate surface area is 153 Å². The van der Waals surface area contributed by atoms with Crippen LogP contribution in [-0.2, 0) is 21.0 Å². The second-order valence-corrected chi connectivity index (χ2v) is 6.80. The van der Waals surface area contributed by atoms with E-state index in [1.54, 1.807) is 29.1 Å². The zero-order valence-corrected chi connectivity index (χ0v) is 14.7. The number of amides is 1. The maximum absolute atomic E-state index is 12.7. The molecular weight excluding hydrogens is 389 g/mol. The van der Waals surface area contributed by atoms with Crippen molar-refractivity contribution >= 4 is 15.9 Å². The molecule has 0 aromatic heterocycles. The summed E-state index contributed by atoms with van der Waals surface area (Å²) in [5.74, 6) is -0.234. The van der Waals surface area contributed by atoms with Crippen molar-refractivity contribution in [1.82, 2.24) is 10.3 Å². The van der Waals surface area contributed by atoms with Gasteiger partial charge < -0.3 is 9.47 Å². The molecule has 0 unspecified atom stereocenters. The largest absolute Gasteiger partial charge is 0.493 e. The number of para-hydroxylation sites is 2. The number of hydrazine groups is 1. The molecule has 0 atom stereocenters. The summed E-state index contributed by atoms with van der Waals surface area (Å²) in [6.07, 6.45) is -4.70. The summed E-state index contributed by atoms with van der Waals surface area (Å²) in [7, 11) is -2.99. The first kappa shape index (κ1) is 20.5. The lowest BCUT2D eigenvalue weighted by molar-refractivity contribution is -0.137. The number of hydrogen-bond acceptors (Lipinski definition) is 5. The molecule has 0 aliphatic rings. The van der Waals surface area contributed by atoms with Gasteiger partial charge in [-0.1, -0.05) is 18.2 Å². The second kappa shape index (κ2) is 8.27. The van der Waals surface area contributed by atoms with Gasteiger partial charge in [-0.3, -0.25) is 10.2 Å². The van der Waals surface area contributed by atoms with Crippen molar-refractivity contribution in [2.45, 2.75) is 11.1 Å². The average Bonchev–Trinajstić information content (AvgIpc) is 2.64. The van der Waals surface area contributed by atoms with Crippen LogP contribution in [0.15, 0.2) is 53.4 Å². The summed E-state index contributed by atoms with van der Waals surface area (Å²) >= 11 is 0. The van der Waals surface area contributed by atoms with Crippen molar-refractivity contribution in [3.8, 4) is 11.5 Å². The van der Waals surface area contributed by atoms with Crippen LogP contribution in [-0.4, -0.2) is 28.0 Å². The molecule has 27 heavy (non-hydrogen) atoms. The molecule has 0 heterocycles. The van der Waals surface area contributed by atoms with Gasteiger partial charge in [0, 0.05) is 0 Å². The Morgan fingerprint density at radius 3 is 2.37 bits per heavy atom. The predicted molar refractivity (Wildman–Crippen MR) is 88.4 cm³/mol. The van der Waals surface area contributed by atoms with E-state index >= 15 is 0 Å². The zero-order valence-electron chi connectivity index (χ0n) is 13.9. The van der Waals surface area contributed by atoms with Crippen LogP contribution in [0.1, 0.15) is 5.56 Å². The fourth-order valence-electron chi connectivity index (χ4n) is 1.94. The highest BCUT2D eigenvalue weighted by atomic mass is 32.2. The Morgan fingerprint density at radius 2 is 1.74 bits per heavy atom. The lowest BCUT2D eigenvalue weighted by Gasteiger charge is -2.12. The minimum absolute atomic E-state index is 0.260. The molecule has 0 bridgehead atoms. The molecule has 0 spiro atoms. The normalized spacial score (nSPS) is 11.7. The Morgan fingerprint density at radius 1 is 1.07 bits per heavy atom. The fourth-order valence-corrected chi connectivity index (χ4v) is 2.85. The topological polar surface area (TPSA) is 93.7 Å². The van der Waals surface area contributed by atoms with Crippen molar-refractivity contribution in [2.75, 3.05) is 13.7 Å². The van der Waals surface area contributed by atoms with Crippen LogP contribution in [0, 0.1) is 0 Å². The number of carbonyl (C=O) groups excluding carboxylic acids is 1. The Kier molecular flexibility index (Phi) is 6.28. The summed E-state index contributed by atoms with van der Waals surface area (Å²) in [5.41, 5.74) is 0.735. The van der Waals surface area contributed by atoms with Crippen LogP contribution in [0.3, 0.4) is 0 Å². The molecule has 0 saturated carbocycles. The highest BCUT2D eigenvalue weighted by molar-refractivity contribution is 7.89. The van der Waals surface area contributed by atoms with Crippen LogP contribution in [0.4, 0.5) is 13.2 Å². The molecule has 0 radical (unpaired) electrons. The van der Waals surface area contributed by atoms with E-state index in [0.29, 0.717) is 11.8 Å². The lowest BCUT2D eigenvalue weighted by Crippen LogP contribution is -2.43. The van der Waals surface area contributed by atoms with Gasteiger partial charge in [0.2, 0.25) is 0 Å². The average molecular weight is 404 g/mol. The number of nitrogens with one attached hydrogen (secondary N) is 2. The summed E-state index contributed by atoms with van der Waals surface area (Å²) in [5, 5.41) is 0. The highest BCUT2D eigenvalue weighted by Gasteiger charge is 2.31. The van der Waals surface area contributed by atoms with Crippen molar-refractivity contribution in [1.29, 1.82) is 0 Å². The monoisotopic (exact) mass is 404 g/mol. The van der Waals surface area contributed by atoms with E-state index < -0.39 is 39.2 Å². The van der Waals surface area contributed by atoms with Crippen molar-refractivity contribution in [2.24, 2.45) is 0 Å². The van der Waals surface area contributed by atoms with E-state index in [9.17, 15) is 26.4 Å². The van der Waals surface area contributed by atoms with E-state index in [0.717, 1.165) is 18.2 Å². The quantitative estimate of drug-likeness (QED) is 0.690. The third-order valence-electron chi connectivity index (χ3n) is 3.22. The molecule has 146 valence electrons. The van der Waals surface area contributed by atoms with E-state index in [1.165, 1.54) is 7.11 Å². The molecule has 11 heteroatoms. The molecular formula is C16H15F3N2O5S. The highest BCUT2D eigenvalue weighted by Crippen LogP contribution is 2.30. The van der Waals surface area contributed by atoms with Gasteiger partial charge >= 0.3 is 6.18 Å². The summed E-state index contributed by atoms with van der Waals surface area (Å²) in [6, 6.07) is 9.58. The molecule has 2 aromatic carbocycles. The van der Waals surface area contributed by atoms with Crippen LogP contribution in [0.2, 0.25) is 0 Å². The number of sulfonamides is 1. The Balaban J connectivity index is 1.98. The number of halogens is 3. The number of alkyl halides is 3. The number of methoxy groups -OCH3 is 1. The molecule has 2 rings (SSSR count). The smallest absolute Gasteiger partial charge is 0.416 e. The maximum Gasteiger partial charge on any atom is 0.416 e. The van der Waals surface area contributed by atoms with Crippen LogP contribution < -0.4 is 19.7 Å². The molecule has 0 fully saturated rings. The van der Waals surface area contributed by atoms with Gasteiger partial charge in [0.1, 0.15) is 0 Å². The number of carbonyl (C=O) groups is 1. The van der Waals surface area contributed by atoms with Crippen molar-refractivity contribution in [3.63, 3.8) is 0 Å². The Hall–Kier alpha value is -2.79. The first-order valence-electron chi connectivity index (χ1n) is 7.37. The molecule has 0 saturated heterocycles. The summed E-state index contributed by atoms with van der Waals surface area (Å²) < 4.78 is 72.4. The molecule has 0 aliphatic carbocycles. The molecule has 0 aliphatic heterocycles. The minimum atomic E-state index is -4.70. The molecule has 2 aromatic rings. The van der Waals surface area contributed by atoms with E-state index in [1.807, 2.05) is 5.43 Å². The van der Waals surface area contributed by atoms with E-state index in [2.05, 4.69) is 0 Å². The van der Waals surface area contributed by atoms with Crippen molar-refractivity contribution < 1.29 is 35.9 Å². The maximum atomic E-state index is 12.7. The van der Waals surface area contributed by atoms with Gasteiger partial charge in [0.05, 0.1) is 17.6 Å². The summed E-state index contributed by atoms with van der Waals surface area (Å²) in [4.78, 5) is 12.8. The summed E-state index contributed by atoms with van der Waals surface area (Å²) in [6.45, 7) is -0.550. The van der Waals surface area contributed by atoms with Gasteiger partial charge in [-0.05, 0) is 30.3 Å². The van der Waals surface area contributed by atoms with E-state index in [-0.39, 0.29) is 5.75 Å². The second-order valence-electron chi connectivity index (χ2n) is 5.12. The predicted octanol–water partition coefficient (Wildman–Crippen LogP) is 2.10. The van der Waals surface area contributed by atoms with Gasteiger partial charge in [-0.15, -0.1) is 4.83 Å².